The topological polar surface area (TPSA) is 140 Å². The van der Waals surface area contributed by atoms with Gasteiger partial charge in [0.25, 0.3) is 11.4 Å². The van der Waals surface area contributed by atoms with Crippen LogP contribution in [0, 0.1) is 20.2 Å². The largest absolute Gasteiger partial charge is 0.392 e. The van der Waals surface area contributed by atoms with Crippen molar-refractivity contribution in [2.75, 3.05) is 75.2 Å². The molecule has 2 aromatic carbocycles. The van der Waals surface area contributed by atoms with Crippen molar-refractivity contribution in [1.29, 1.82) is 0 Å². The highest BCUT2D eigenvalue weighted by molar-refractivity contribution is 5.64. The molecule has 0 aliphatic carbocycles. The van der Waals surface area contributed by atoms with Crippen molar-refractivity contribution in [2.24, 2.45) is 0 Å². The number of anilines is 2. The van der Waals surface area contributed by atoms with E-state index in [1.54, 1.807) is 36.4 Å². The third-order valence-electron chi connectivity index (χ3n) is 8.35. The van der Waals surface area contributed by atoms with Gasteiger partial charge < -0.3 is 20.0 Å². The zero-order chi connectivity index (χ0) is 29.9. The number of nitro groups is 2. The number of β-amino-alcohol motifs (C(OH)–C–C–N with tert-alkyl or cyclic N) is 2. The molecular weight excluding hydrogens is 540 g/mol. The molecular formula is C30H44N6O6. The van der Waals surface area contributed by atoms with Crippen LogP contribution in [0.4, 0.5) is 22.7 Å². The standard InChI is InChI=1S/C30H44N6O6/c37-25(23-31-15-19-33(20-16-31)27-11-5-7-13-29(27)35(39)40)9-3-1-2-4-10-26(38)24-32-17-21-34(22-18-32)28-12-6-8-14-30(28)36(41)42/h5-8,11-14,25-26,37-38H,1-4,9-10,15-24H2. The maximum Gasteiger partial charge on any atom is 0.292 e. The highest BCUT2D eigenvalue weighted by Crippen LogP contribution is 2.29. The van der Waals surface area contributed by atoms with Crippen molar-refractivity contribution in [3.05, 3.63) is 68.8 Å². The Labute approximate surface area is 247 Å². The van der Waals surface area contributed by atoms with E-state index in [-0.39, 0.29) is 33.4 Å². The SMILES string of the molecule is O=[N+]([O-])c1ccccc1N1CCN(CC(O)CCCCCCC(O)CN2CCN(c3ccccc3[N+](=O)[O-])CC2)CC1. The average molecular weight is 585 g/mol. The Kier molecular flexibility index (Phi) is 11.9. The minimum atomic E-state index is -0.385. The number of benzene rings is 2. The monoisotopic (exact) mass is 584 g/mol. The molecule has 0 radical (unpaired) electrons. The summed E-state index contributed by atoms with van der Waals surface area (Å²) in [5.41, 5.74) is 1.59. The highest BCUT2D eigenvalue weighted by atomic mass is 16.6. The van der Waals surface area contributed by atoms with E-state index < -0.39 is 0 Å². The molecule has 2 aromatic rings. The molecule has 12 heteroatoms. The van der Waals surface area contributed by atoms with E-state index in [4.69, 9.17) is 0 Å². The molecule has 4 rings (SSSR count). The maximum atomic E-state index is 11.3. The summed E-state index contributed by atoms with van der Waals surface area (Å²) in [6, 6.07) is 13.7. The molecule has 2 saturated heterocycles. The first-order valence-electron chi connectivity index (χ1n) is 15.1. The van der Waals surface area contributed by atoms with Gasteiger partial charge in [0.05, 0.1) is 22.1 Å². The molecule has 2 unspecified atom stereocenters. The molecule has 42 heavy (non-hydrogen) atoms. The van der Waals surface area contributed by atoms with Crippen LogP contribution in [-0.2, 0) is 0 Å². The summed E-state index contributed by atoms with van der Waals surface area (Å²) in [5, 5.41) is 43.7. The molecule has 2 atom stereocenters. The Bertz CT molecular complexity index is 1060. The van der Waals surface area contributed by atoms with Crippen LogP contribution < -0.4 is 9.80 Å². The van der Waals surface area contributed by atoms with E-state index in [2.05, 4.69) is 9.80 Å². The van der Waals surface area contributed by atoms with E-state index in [0.717, 1.165) is 64.7 Å². The summed E-state index contributed by atoms with van der Waals surface area (Å²) in [6.45, 7) is 7.10. The molecule has 0 amide bonds. The summed E-state index contributed by atoms with van der Waals surface area (Å²) in [6.07, 6.45) is 4.65. The molecule has 2 aliphatic heterocycles. The van der Waals surface area contributed by atoms with Gasteiger partial charge >= 0.3 is 0 Å². The number of piperazine rings is 2. The molecule has 0 bridgehead atoms. The van der Waals surface area contributed by atoms with Gasteiger partial charge in [0, 0.05) is 77.6 Å². The van der Waals surface area contributed by atoms with Crippen molar-refractivity contribution in [3.8, 4) is 0 Å². The van der Waals surface area contributed by atoms with Crippen LogP contribution in [0.3, 0.4) is 0 Å². The number of aliphatic hydroxyl groups is 2. The Morgan fingerprint density at radius 2 is 0.952 bits per heavy atom. The molecule has 0 spiro atoms. The van der Waals surface area contributed by atoms with Crippen LogP contribution in [0.15, 0.2) is 48.5 Å². The number of hydrogen-bond acceptors (Lipinski definition) is 10. The van der Waals surface area contributed by atoms with Crippen molar-refractivity contribution >= 4 is 22.7 Å². The summed E-state index contributed by atoms with van der Waals surface area (Å²) >= 11 is 0. The van der Waals surface area contributed by atoms with Crippen LogP contribution in [0.25, 0.3) is 0 Å². The zero-order valence-corrected chi connectivity index (χ0v) is 24.3. The van der Waals surface area contributed by atoms with Crippen molar-refractivity contribution in [3.63, 3.8) is 0 Å². The fourth-order valence-corrected chi connectivity index (χ4v) is 6.01. The minimum Gasteiger partial charge on any atom is -0.392 e. The average Bonchev–Trinajstić information content (AvgIpc) is 2.99. The summed E-state index contributed by atoms with van der Waals surface area (Å²) in [4.78, 5) is 30.6. The summed E-state index contributed by atoms with van der Waals surface area (Å²) in [5.74, 6) is 0. The fraction of sp³-hybridized carbons (Fsp3) is 0.600. The Morgan fingerprint density at radius 1 is 0.595 bits per heavy atom. The Hall–Kier alpha value is -3.32. The predicted octanol–water partition coefficient (Wildman–Crippen LogP) is 3.51. The third-order valence-corrected chi connectivity index (χ3v) is 8.35. The smallest absolute Gasteiger partial charge is 0.292 e. The second-order valence-electron chi connectivity index (χ2n) is 11.4. The summed E-state index contributed by atoms with van der Waals surface area (Å²) < 4.78 is 0. The van der Waals surface area contributed by atoms with Crippen LogP contribution in [0.2, 0.25) is 0 Å². The normalized spacial score (nSPS) is 18.1. The summed E-state index contributed by atoms with van der Waals surface area (Å²) in [7, 11) is 0. The van der Waals surface area contributed by atoms with E-state index in [9.17, 15) is 30.4 Å². The molecule has 12 nitrogen and oxygen atoms in total. The van der Waals surface area contributed by atoms with Gasteiger partial charge in [0.15, 0.2) is 0 Å². The number of nitro benzene ring substituents is 2. The molecule has 2 aliphatic rings. The molecule has 0 saturated carbocycles. The second kappa shape index (κ2) is 15.8. The number of para-hydroxylation sites is 4. The lowest BCUT2D eigenvalue weighted by Crippen LogP contribution is -2.48. The molecule has 2 N–H and O–H groups in total. The van der Waals surface area contributed by atoms with Gasteiger partial charge in [-0.2, -0.15) is 0 Å². The highest BCUT2D eigenvalue weighted by Gasteiger charge is 2.25. The van der Waals surface area contributed by atoms with Crippen molar-refractivity contribution < 1.29 is 20.1 Å². The Morgan fingerprint density at radius 3 is 1.31 bits per heavy atom. The number of hydrogen-bond donors (Lipinski definition) is 2. The number of nitrogens with zero attached hydrogens (tertiary/aromatic N) is 6. The first-order chi connectivity index (χ1) is 20.3. The Balaban J connectivity index is 1.04. The zero-order valence-electron chi connectivity index (χ0n) is 24.3. The van der Waals surface area contributed by atoms with E-state index in [1.165, 1.54) is 0 Å². The number of aliphatic hydroxyl groups excluding tert-OH is 2. The third kappa shape index (κ3) is 9.09. The number of rotatable bonds is 15. The lowest BCUT2D eigenvalue weighted by molar-refractivity contribution is -0.384. The lowest BCUT2D eigenvalue weighted by atomic mass is 10.0. The second-order valence-corrected chi connectivity index (χ2v) is 11.4. The van der Waals surface area contributed by atoms with Crippen LogP contribution in [0.5, 0.6) is 0 Å². The first kappa shape index (κ1) is 31.6. The number of unbranched alkanes of at least 4 members (excludes halogenated alkanes) is 3. The predicted molar refractivity (Wildman–Crippen MR) is 163 cm³/mol. The first-order valence-corrected chi connectivity index (χ1v) is 15.1. The van der Waals surface area contributed by atoms with Gasteiger partial charge in [0.2, 0.25) is 0 Å². The molecule has 2 fully saturated rings. The van der Waals surface area contributed by atoms with Crippen molar-refractivity contribution in [2.45, 2.75) is 50.7 Å². The van der Waals surface area contributed by atoms with Crippen LogP contribution in [0.1, 0.15) is 38.5 Å². The van der Waals surface area contributed by atoms with E-state index in [0.29, 0.717) is 50.6 Å². The maximum absolute atomic E-state index is 11.3. The van der Waals surface area contributed by atoms with Gasteiger partial charge in [-0.3, -0.25) is 30.0 Å². The van der Waals surface area contributed by atoms with Crippen molar-refractivity contribution in [1.82, 2.24) is 9.80 Å². The van der Waals surface area contributed by atoms with E-state index >= 15 is 0 Å². The fourth-order valence-electron chi connectivity index (χ4n) is 6.01. The molecule has 0 aromatic heterocycles. The molecule has 230 valence electrons. The van der Waals surface area contributed by atoms with Gasteiger partial charge in [0.1, 0.15) is 11.4 Å². The lowest BCUT2D eigenvalue weighted by Gasteiger charge is -2.36. The van der Waals surface area contributed by atoms with Gasteiger partial charge in [-0.1, -0.05) is 49.9 Å². The van der Waals surface area contributed by atoms with Gasteiger partial charge in [-0.05, 0) is 25.0 Å². The quantitative estimate of drug-likeness (QED) is 0.182. The van der Waals surface area contributed by atoms with Gasteiger partial charge in [-0.15, -0.1) is 0 Å². The molecule has 2 heterocycles. The van der Waals surface area contributed by atoms with Crippen LogP contribution in [-0.4, -0.2) is 108 Å². The van der Waals surface area contributed by atoms with Gasteiger partial charge in [-0.25, -0.2) is 0 Å². The van der Waals surface area contributed by atoms with E-state index in [1.807, 2.05) is 21.9 Å². The van der Waals surface area contributed by atoms with Crippen LogP contribution >= 0.6 is 0 Å². The minimum absolute atomic E-state index is 0.134.